The lowest BCUT2D eigenvalue weighted by atomic mass is 10.3. The van der Waals surface area contributed by atoms with Gasteiger partial charge in [0.05, 0.1) is 19.3 Å². The van der Waals surface area contributed by atoms with Crippen molar-refractivity contribution in [3.63, 3.8) is 0 Å². The summed E-state index contributed by atoms with van der Waals surface area (Å²) in [6.45, 7) is 3.28. The molecule has 116 valence electrons. The summed E-state index contributed by atoms with van der Waals surface area (Å²) in [6, 6.07) is 0. The number of hydrogen-bond acceptors (Lipinski definition) is 6. The van der Waals surface area contributed by atoms with E-state index in [-0.39, 0.29) is 12.5 Å². The average molecular weight is 296 g/mol. The molecule has 0 radical (unpaired) electrons. The Morgan fingerprint density at radius 2 is 2.10 bits per heavy atom. The monoisotopic (exact) mass is 296 g/mol. The summed E-state index contributed by atoms with van der Waals surface area (Å²) in [5.74, 6) is -1.02. The second kappa shape index (κ2) is 7.14. The summed E-state index contributed by atoms with van der Waals surface area (Å²) in [5.41, 5.74) is 5.73. The maximum Gasteiger partial charge on any atom is 0.317 e. The van der Waals surface area contributed by atoms with E-state index in [1.165, 1.54) is 0 Å². The highest BCUT2D eigenvalue weighted by Crippen LogP contribution is 2.07. The third-order valence-electron chi connectivity index (χ3n) is 3.35. The maximum atomic E-state index is 12.3. The van der Waals surface area contributed by atoms with Crippen molar-refractivity contribution in [2.75, 3.05) is 39.3 Å². The predicted molar refractivity (Wildman–Crippen MR) is 73.7 cm³/mol. The molecule has 0 bridgehead atoms. The lowest BCUT2D eigenvalue weighted by Gasteiger charge is -2.20. The van der Waals surface area contributed by atoms with Gasteiger partial charge in [-0.3, -0.25) is 19.2 Å². The van der Waals surface area contributed by atoms with Gasteiger partial charge in [0.25, 0.3) is 5.91 Å². The molecule has 1 aromatic heterocycles. The largest absolute Gasteiger partial charge is 0.480 e. The summed E-state index contributed by atoms with van der Waals surface area (Å²) in [6.07, 6.45) is 2.34. The molecule has 2 rings (SSSR count). The third-order valence-corrected chi connectivity index (χ3v) is 3.35. The molecule has 1 aromatic rings. The van der Waals surface area contributed by atoms with E-state index in [2.05, 4.69) is 10.3 Å². The Balaban J connectivity index is 1.94. The molecule has 1 fully saturated rings. The lowest BCUT2D eigenvalue weighted by Crippen LogP contribution is -2.36. The number of rotatable bonds is 5. The van der Waals surface area contributed by atoms with E-state index in [1.807, 2.05) is 4.90 Å². The zero-order valence-corrected chi connectivity index (χ0v) is 11.8. The Morgan fingerprint density at radius 1 is 1.29 bits per heavy atom. The summed E-state index contributed by atoms with van der Waals surface area (Å²) >= 11 is 0. The van der Waals surface area contributed by atoms with Crippen molar-refractivity contribution in [2.24, 2.45) is 5.73 Å². The van der Waals surface area contributed by atoms with Gasteiger partial charge in [-0.1, -0.05) is 5.21 Å². The van der Waals surface area contributed by atoms with Crippen molar-refractivity contribution in [2.45, 2.75) is 13.0 Å². The number of hydrogen-bond donors (Lipinski definition) is 2. The van der Waals surface area contributed by atoms with Crippen LogP contribution in [-0.2, 0) is 11.3 Å². The van der Waals surface area contributed by atoms with Crippen LogP contribution >= 0.6 is 0 Å². The first kappa shape index (κ1) is 15.4. The highest BCUT2D eigenvalue weighted by molar-refractivity contribution is 5.91. The molecule has 0 saturated carbocycles. The van der Waals surface area contributed by atoms with E-state index in [0.29, 0.717) is 45.0 Å². The van der Waals surface area contributed by atoms with Gasteiger partial charge in [0.1, 0.15) is 0 Å². The van der Waals surface area contributed by atoms with Crippen LogP contribution in [0.5, 0.6) is 0 Å². The molecule has 9 heteroatoms. The Labute approximate surface area is 122 Å². The molecule has 0 aromatic carbocycles. The molecule has 0 unspecified atom stereocenters. The zero-order chi connectivity index (χ0) is 15.2. The van der Waals surface area contributed by atoms with E-state index in [4.69, 9.17) is 10.8 Å². The average Bonchev–Trinajstić information content (AvgIpc) is 2.78. The normalized spacial score (nSPS) is 16.7. The second-order valence-corrected chi connectivity index (χ2v) is 4.97. The summed E-state index contributed by atoms with van der Waals surface area (Å²) in [7, 11) is 0. The Kier molecular flexibility index (Phi) is 5.23. The van der Waals surface area contributed by atoms with E-state index in [1.54, 1.807) is 15.8 Å². The lowest BCUT2D eigenvalue weighted by molar-refractivity contribution is -0.138. The van der Waals surface area contributed by atoms with Crippen LogP contribution in [0, 0.1) is 0 Å². The van der Waals surface area contributed by atoms with Gasteiger partial charge in [-0.2, -0.15) is 0 Å². The Bertz CT molecular complexity index is 503. The molecule has 2 heterocycles. The smallest absolute Gasteiger partial charge is 0.317 e. The number of carbonyl (C=O) groups excluding carboxylic acids is 1. The molecule has 1 amide bonds. The first-order valence-corrected chi connectivity index (χ1v) is 6.94. The first-order chi connectivity index (χ1) is 10.1. The van der Waals surface area contributed by atoms with Gasteiger partial charge in [0.2, 0.25) is 0 Å². The molecule has 1 aliphatic rings. The van der Waals surface area contributed by atoms with E-state index < -0.39 is 5.97 Å². The van der Waals surface area contributed by atoms with Crippen LogP contribution in [0.2, 0.25) is 0 Å². The number of amides is 1. The van der Waals surface area contributed by atoms with Gasteiger partial charge in [-0.25, -0.2) is 0 Å². The zero-order valence-electron chi connectivity index (χ0n) is 11.8. The van der Waals surface area contributed by atoms with Crippen LogP contribution in [0.15, 0.2) is 6.20 Å². The van der Waals surface area contributed by atoms with Crippen LogP contribution in [0.1, 0.15) is 16.9 Å². The van der Waals surface area contributed by atoms with Crippen LogP contribution in [0.3, 0.4) is 0 Å². The minimum Gasteiger partial charge on any atom is -0.480 e. The fourth-order valence-electron chi connectivity index (χ4n) is 2.32. The topological polar surface area (TPSA) is 118 Å². The number of aliphatic carboxylic acids is 1. The summed E-state index contributed by atoms with van der Waals surface area (Å²) < 4.78 is 1.54. The number of carbonyl (C=O) groups is 2. The molecule has 0 atom stereocenters. The van der Waals surface area contributed by atoms with Crippen LogP contribution in [0.25, 0.3) is 0 Å². The van der Waals surface area contributed by atoms with Crippen molar-refractivity contribution >= 4 is 11.9 Å². The van der Waals surface area contributed by atoms with Crippen LogP contribution < -0.4 is 5.73 Å². The highest BCUT2D eigenvalue weighted by Gasteiger charge is 2.23. The van der Waals surface area contributed by atoms with Crippen molar-refractivity contribution in [1.82, 2.24) is 24.8 Å². The molecule has 0 spiro atoms. The van der Waals surface area contributed by atoms with Crippen molar-refractivity contribution in [3.8, 4) is 0 Å². The van der Waals surface area contributed by atoms with E-state index in [0.717, 1.165) is 6.42 Å². The molecule has 3 N–H and O–H groups in total. The Morgan fingerprint density at radius 3 is 2.81 bits per heavy atom. The predicted octanol–water partition coefficient (Wildman–Crippen LogP) is -1.53. The molecule has 1 aliphatic heterocycles. The van der Waals surface area contributed by atoms with Crippen molar-refractivity contribution < 1.29 is 14.7 Å². The van der Waals surface area contributed by atoms with E-state index in [9.17, 15) is 9.59 Å². The molecule has 1 saturated heterocycles. The van der Waals surface area contributed by atoms with Crippen molar-refractivity contribution in [3.05, 3.63) is 11.9 Å². The van der Waals surface area contributed by atoms with Gasteiger partial charge in [0.15, 0.2) is 5.69 Å². The number of carboxylic acids is 1. The Hall–Kier alpha value is -2.00. The number of aromatic nitrogens is 3. The summed E-state index contributed by atoms with van der Waals surface area (Å²) in [5, 5.41) is 16.5. The molecule has 9 nitrogen and oxygen atoms in total. The van der Waals surface area contributed by atoms with E-state index >= 15 is 0 Å². The van der Waals surface area contributed by atoms with Gasteiger partial charge >= 0.3 is 5.97 Å². The first-order valence-electron chi connectivity index (χ1n) is 6.94. The molecular formula is C12H20N6O3. The third kappa shape index (κ3) is 4.23. The number of carboxylic acid groups (broad SMARTS) is 1. The summed E-state index contributed by atoms with van der Waals surface area (Å²) in [4.78, 5) is 26.6. The standard InChI is InChI=1S/C12H20N6O3/c13-2-5-18-8-10(14-15-18)12(21)17-4-1-3-16(6-7-17)9-11(19)20/h8H,1-7,9,13H2,(H,19,20). The fraction of sp³-hybridized carbons (Fsp3) is 0.667. The van der Waals surface area contributed by atoms with Gasteiger partial charge in [0, 0.05) is 32.7 Å². The maximum absolute atomic E-state index is 12.3. The quantitative estimate of drug-likeness (QED) is 0.676. The number of nitrogens with two attached hydrogens (primary N) is 1. The van der Waals surface area contributed by atoms with Crippen LogP contribution in [-0.4, -0.2) is 81.0 Å². The van der Waals surface area contributed by atoms with Gasteiger partial charge < -0.3 is 15.7 Å². The molecular weight excluding hydrogens is 276 g/mol. The minimum absolute atomic E-state index is 0.00864. The minimum atomic E-state index is -0.848. The van der Waals surface area contributed by atoms with Crippen molar-refractivity contribution in [1.29, 1.82) is 0 Å². The van der Waals surface area contributed by atoms with Gasteiger partial charge in [-0.15, -0.1) is 5.10 Å². The molecule has 21 heavy (non-hydrogen) atoms. The second-order valence-electron chi connectivity index (χ2n) is 4.97. The highest BCUT2D eigenvalue weighted by atomic mass is 16.4. The SMILES string of the molecule is NCCn1cc(C(=O)N2CCCN(CC(=O)O)CC2)nn1. The number of nitrogens with zero attached hydrogens (tertiary/aromatic N) is 5. The molecule has 0 aliphatic carbocycles. The van der Waals surface area contributed by atoms with Gasteiger partial charge in [-0.05, 0) is 6.42 Å². The van der Waals surface area contributed by atoms with Crippen LogP contribution in [0.4, 0.5) is 0 Å². The fourth-order valence-corrected chi connectivity index (χ4v) is 2.32.